The Kier molecular flexibility index (Phi) is 45.3. The summed E-state index contributed by atoms with van der Waals surface area (Å²) in [6.07, 6.45) is 38.9. The monoisotopic (exact) mass is 994 g/mol. The van der Waals surface area contributed by atoms with Crippen molar-refractivity contribution in [3.05, 3.63) is 0 Å². The van der Waals surface area contributed by atoms with Gasteiger partial charge in [0.2, 0.25) is 0 Å². The van der Waals surface area contributed by atoms with Gasteiger partial charge in [-0.15, -0.1) is 0 Å². The van der Waals surface area contributed by atoms with Crippen molar-refractivity contribution in [3.8, 4) is 0 Å². The second kappa shape index (κ2) is 48.5. The molecule has 1 aliphatic carbocycles. The Labute approximate surface area is 427 Å². The van der Waals surface area contributed by atoms with Crippen LogP contribution in [0.15, 0.2) is 0 Å². The van der Waals surface area contributed by atoms with Gasteiger partial charge in [0.1, 0.15) is 19.8 Å². The molecule has 1 atom stereocenters. The van der Waals surface area contributed by atoms with E-state index in [4.69, 9.17) is 23.7 Å². The number of aliphatic hydroxyl groups is 1. The van der Waals surface area contributed by atoms with Crippen molar-refractivity contribution in [1.29, 1.82) is 0 Å². The molecule has 0 saturated heterocycles. The second-order valence-electron chi connectivity index (χ2n) is 20.6. The number of ether oxygens (including phenoxy) is 5. The Morgan fingerprint density at radius 3 is 1.03 bits per heavy atom. The minimum absolute atomic E-state index is 0.0222. The molecule has 12 heteroatoms. The highest BCUT2D eigenvalue weighted by molar-refractivity contribution is 5.71. The van der Waals surface area contributed by atoms with Gasteiger partial charge < -0.3 is 28.8 Å². The first kappa shape index (κ1) is 65.3. The van der Waals surface area contributed by atoms with Crippen LogP contribution in [0.1, 0.15) is 271 Å². The molecule has 0 aliphatic heterocycles. The highest BCUT2D eigenvalue weighted by atomic mass is 16.6. The highest BCUT2D eigenvalue weighted by Crippen LogP contribution is 2.23. The van der Waals surface area contributed by atoms with Gasteiger partial charge in [-0.1, -0.05) is 181 Å². The molecule has 0 spiro atoms. The zero-order valence-corrected chi connectivity index (χ0v) is 45.4. The molecule has 12 nitrogen and oxygen atoms in total. The number of rotatable bonds is 50. The molecule has 1 fully saturated rings. The molecule has 1 aliphatic rings. The largest absolute Gasteiger partial charge is 0.465 e. The lowest BCUT2D eigenvalue weighted by Gasteiger charge is -2.34. The van der Waals surface area contributed by atoms with Crippen molar-refractivity contribution in [2.24, 2.45) is 11.8 Å². The average Bonchev–Trinajstić information content (AvgIpc) is 3.36. The third kappa shape index (κ3) is 40.8. The summed E-state index contributed by atoms with van der Waals surface area (Å²) in [5.41, 5.74) is 0. The molecule has 0 aromatic rings. The summed E-state index contributed by atoms with van der Waals surface area (Å²) < 4.78 is 28.2. The standard InChI is InChI=1S/C58H107NO11/c1-4-7-10-13-14-15-16-17-18-19-20-21-22-25-31-40-56(63)68-48-52(49-69-57(64)41-32-33-43-59(44-45-60)53-36-27-26-28-37-53)50-70-58(65)42-34-35-51(46-66-54(61)38-29-23-11-8-5-2)47-67-55(62)39-30-24-12-9-6-3/h51-53,60H,4-50H2,1-3H3. The van der Waals surface area contributed by atoms with Crippen molar-refractivity contribution in [2.75, 3.05) is 52.7 Å². The van der Waals surface area contributed by atoms with Crippen LogP contribution in [0.4, 0.5) is 0 Å². The van der Waals surface area contributed by atoms with Crippen LogP contribution in [0.2, 0.25) is 0 Å². The molecule has 0 radical (unpaired) electrons. The van der Waals surface area contributed by atoms with Gasteiger partial charge in [-0.2, -0.15) is 0 Å². The quantitative estimate of drug-likeness (QED) is 0.0350. The third-order valence-electron chi connectivity index (χ3n) is 13.9. The number of nitrogens with zero attached hydrogens (tertiary/aromatic N) is 1. The van der Waals surface area contributed by atoms with Crippen molar-refractivity contribution in [1.82, 2.24) is 4.90 Å². The van der Waals surface area contributed by atoms with Crippen molar-refractivity contribution in [3.63, 3.8) is 0 Å². The summed E-state index contributed by atoms with van der Waals surface area (Å²) in [6, 6.07) is 0.499. The minimum atomic E-state index is -0.514. The maximum Gasteiger partial charge on any atom is 0.305 e. The van der Waals surface area contributed by atoms with Gasteiger partial charge >= 0.3 is 29.8 Å². The van der Waals surface area contributed by atoms with Gasteiger partial charge in [-0.3, -0.25) is 28.9 Å². The van der Waals surface area contributed by atoms with Crippen LogP contribution in [0.3, 0.4) is 0 Å². The van der Waals surface area contributed by atoms with Gasteiger partial charge in [0.15, 0.2) is 0 Å². The van der Waals surface area contributed by atoms with E-state index in [1.807, 2.05) is 0 Å². The summed E-state index contributed by atoms with van der Waals surface area (Å²) >= 11 is 0. The lowest BCUT2D eigenvalue weighted by molar-refractivity contribution is -0.155. The van der Waals surface area contributed by atoms with Crippen molar-refractivity contribution < 1.29 is 52.8 Å². The summed E-state index contributed by atoms with van der Waals surface area (Å²) in [4.78, 5) is 66.2. The summed E-state index contributed by atoms with van der Waals surface area (Å²) in [5.74, 6) is -2.36. The van der Waals surface area contributed by atoms with E-state index in [0.29, 0.717) is 51.1 Å². The lowest BCUT2D eigenvalue weighted by atomic mass is 9.94. The smallest absolute Gasteiger partial charge is 0.305 e. The highest BCUT2D eigenvalue weighted by Gasteiger charge is 2.22. The number of aliphatic hydroxyl groups excluding tert-OH is 1. The Bertz CT molecular complexity index is 1230. The Balaban J connectivity index is 2.63. The van der Waals surface area contributed by atoms with E-state index < -0.39 is 11.9 Å². The third-order valence-corrected chi connectivity index (χ3v) is 13.9. The van der Waals surface area contributed by atoms with Gasteiger partial charge in [0.05, 0.1) is 25.7 Å². The fraction of sp³-hybridized carbons (Fsp3) is 0.914. The minimum Gasteiger partial charge on any atom is -0.465 e. The van der Waals surface area contributed by atoms with Gasteiger partial charge in [0, 0.05) is 50.6 Å². The van der Waals surface area contributed by atoms with Crippen molar-refractivity contribution in [2.45, 2.75) is 277 Å². The normalized spacial score (nSPS) is 13.4. The zero-order valence-electron chi connectivity index (χ0n) is 45.4. The molecule has 70 heavy (non-hydrogen) atoms. The lowest BCUT2D eigenvalue weighted by Crippen LogP contribution is -2.39. The molecular formula is C58H107NO11. The van der Waals surface area contributed by atoms with E-state index in [0.717, 1.165) is 109 Å². The molecule has 410 valence electrons. The van der Waals surface area contributed by atoms with E-state index >= 15 is 0 Å². The van der Waals surface area contributed by atoms with Crippen LogP contribution in [0.25, 0.3) is 0 Å². The van der Waals surface area contributed by atoms with Gasteiger partial charge in [-0.05, 0) is 64.3 Å². The molecule has 0 bridgehead atoms. The molecule has 1 unspecified atom stereocenters. The maximum absolute atomic E-state index is 13.1. The first-order valence-corrected chi connectivity index (χ1v) is 29.3. The van der Waals surface area contributed by atoms with E-state index in [1.54, 1.807) is 0 Å². The van der Waals surface area contributed by atoms with Crippen LogP contribution in [-0.2, 0) is 47.7 Å². The molecule has 0 amide bonds. The number of carbonyl (C=O) groups excluding carboxylic acids is 5. The molecule has 1 saturated carbocycles. The number of hydrogen-bond acceptors (Lipinski definition) is 12. The molecule has 0 heterocycles. The Morgan fingerprint density at radius 1 is 0.386 bits per heavy atom. The first-order chi connectivity index (χ1) is 34.2. The second-order valence-corrected chi connectivity index (χ2v) is 20.6. The number of unbranched alkanes of at least 4 members (excludes halogenated alkanes) is 23. The molecular weight excluding hydrogens is 887 g/mol. The summed E-state index contributed by atoms with van der Waals surface area (Å²) in [5, 5.41) is 9.63. The van der Waals surface area contributed by atoms with Crippen LogP contribution in [-0.4, -0.2) is 98.6 Å². The van der Waals surface area contributed by atoms with Gasteiger partial charge in [0.25, 0.3) is 0 Å². The number of hydrogen-bond donors (Lipinski definition) is 1. The number of esters is 5. The SMILES string of the molecule is CCCCCCCCCCCCCCCCCC(=O)OCC(COC(=O)CCCCN(CCO)C1CCCCC1)COC(=O)CCCC(COC(=O)CCCCCCC)COC(=O)CCCCCCC. The van der Waals surface area contributed by atoms with Crippen LogP contribution < -0.4 is 0 Å². The van der Waals surface area contributed by atoms with E-state index in [-0.39, 0.29) is 82.3 Å². The van der Waals surface area contributed by atoms with E-state index in [2.05, 4.69) is 25.7 Å². The average molecular weight is 994 g/mol. The topological polar surface area (TPSA) is 155 Å². The Morgan fingerprint density at radius 2 is 0.686 bits per heavy atom. The van der Waals surface area contributed by atoms with E-state index in [1.165, 1.54) is 96.3 Å². The van der Waals surface area contributed by atoms with Crippen molar-refractivity contribution >= 4 is 29.8 Å². The fourth-order valence-electron chi connectivity index (χ4n) is 9.33. The molecule has 0 aromatic carbocycles. The maximum atomic E-state index is 13.1. The fourth-order valence-corrected chi connectivity index (χ4v) is 9.33. The molecule has 1 N–H and O–H groups in total. The zero-order chi connectivity index (χ0) is 51.0. The van der Waals surface area contributed by atoms with E-state index in [9.17, 15) is 29.1 Å². The predicted octanol–water partition coefficient (Wildman–Crippen LogP) is 13.9. The van der Waals surface area contributed by atoms with Crippen LogP contribution >= 0.6 is 0 Å². The number of carbonyl (C=O) groups is 5. The van der Waals surface area contributed by atoms with Crippen LogP contribution in [0.5, 0.6) is 0 Å². The molecule has 1 rings (SSSR count). The Hall–Kier alpha value is -2.73. The summed E-state index contributed by atoms with van der Waals surface area (Å²) in [6.45, 7) is 8.30. The summed E-state index contributed by atoms with van der Waals surface area (Å²) in [7, 11) is 0. The molecule has 0 aromatic heterocycles. The van der Waals surface area contributed by atoms with Crippen LogP contribution in [0, 0.1) is 11.8 Å². The van der Waals surface area contributed by atoms with Gasteiger partial charge in [-0.25, -0.2) is 0 Å². The first-order valence-electron chi connectivity index (χ1n) is 29.3. The predicted molar refractivity (Wildman–Crippen MR) is 281 cm³/mol.